The molecular weight excluding hydrogens is 216 g/mol. The SMILES string of the molecule is Cc1cc(N2CCCCC2)ccc1C(N)=S. The molecule has 3 heteroatoms. The molecule has 0 aliphatic carbocycles. The highest BCUT2D eigenvalue weighted by molar-refractivity contribution is 7.80. The molecule has 16 heavy (non-hydrogen) atoms. The quantitative estimate of drug-likeness (QED) is 0.798. The Balaban J connectivity index is 2.23. The van der Waals surface area contributed by atoms with E-state index in [0.717, 1.165) is 5.56 Å². The van der Waals surface area contributed by atoms with Gasteiger partial charge in [0.25, 0.3) is 0 Å². The predicted octanol–water partition coefficient (Wildman–Crippen LogP) is 2.62. The molecule has 0 atom stereocenters. The van der Waals surface area contributed by atoms with Gasteiger partial charge < -0.3 is 10.6 Å². The molecule has 1 aromatic rings. The zero-order valence-corrected chi connectivity index (χ0v) is 10.5. The van der Waals surface area contributed by atoms with Crippen LogP contribution in [0.4, 0.5) is 5.69 Å². The van der Waals surface area contributed by atoms with Crippen LogP contribution in [0, 0.1) is 6.92 Å². The molecule has 0 amide bonds. The number of hydrogen-bond acceptors (Lipinski definition) is 2. The average Bonchev–Trinajstić information content (AvgIpc) is 2.29. The van der Waals surface area contributed by atoms with Crippen molar-refractivity contribution in [1.29, 1.82) is 0 Å². The van der Waals surface area contributed by atoms with Gasteiger partial charge in [0.15, 0.2) is 0 Å². The van der Waals surface area contributed by atoms with Crippen LogP contribution in [0.5, 0.6) is 0 Å². The molecule has 1 aliphatic rings. The van der Waals surface area contributed by atoms with Gasteiger partial charge >= 0.3 is 0 Å². The van der Waals surface area contributed by atoms with Gasteiger partial charge in [0.05, 0.1) is 0 Å². The molecule has 0 spiro atoms. The molecule has 1 aliphatic heterocycles. The molecule has 1 fully saturated rings. The molecule has 1 heterocycles. The lowest BCUT2D eigenvalue weighted by atomic mass is 10.1. The van der Waals surface area contributed by atoms with Crippen molar-refractivity contribution < 1.29 is 0 Å². The molecule has 1 saturated heterocycles. The molecule has 0 unspecified atom stereocenters. The molecule has 2 N–H and O–H groups in total. The Morgan fingerprint density at radius 2 is 1.94 bits per heavy atom. The van der Waals surface area contributed by atoms with Gasteiger partial charge in [-0.05, 0) is 49.9 Å². The van der Waals surface area contributed by atoms with Crippen molar-refractivity contribution in [2.75, 3.05) is 18.0 Å². The number of hydrogen-bond donors (Lipinski definition) is 1. The minimum absolute atomic E-state index is 0.489. The highest BCUT2D eigenvalue weighted by Gasteiger charge is 2.12. The standard InChI is InChI=1S/C13H18N2S/c1-10-9-11(5-6-12(10)13(14)16)15-7-3-2-4-8-15/h5-6,9H,2-4,7-8H2,1H3,(H2,14,16). The van der Waals surface area contributed by atoms with Crippen molar-refractivity contribution >= 4 is 22.9 Å². The van der Waals surface area contributed by atoms with Gasteiger partial charge in [-0.3, -0.25) is 0 Å². The van der Waals surface area contributed by atoms with Crippen LogP contribution in [0.3, 0.4) is 0 Å². The van der Waals surface area contributed by atoms with Gasteiger partial charge in [0.2, 0.25) is 0 Å². The zero-order valence-electron chi connectivity index (χ0n) is 9.70. The monoisotopic (exact) mass is 234 g/mol. The summed E-state index contributed by atoms with van der Waals surface area (Å²) in [6.07, 6.45) is 3.96. The van der Waals surface area contributed by atoms with E-state index in [0.29, 0.717) is 4.99 Å². The zero-order chi connectivity index (χ0) is 11.5. The van der Waals surface area contributed by atoms with Crippen LogP contribution in [0.1, 0.15) is 30.4 Å². The van der Waals surface area contributed by atoms with E-state index in [1.165, 1.54) is 43.6 Å². The van der Waals surface area contributed by atoms with Gasteiger partial charge in [-0.25, -0.2) is 0 Å². The van der Waals surface area contributed by atoms with Crippen molar-refractivity contribution in [1.82, 2.24) is 0 Å². The minimum atomic E-state index is 0.489. The maximum atomic E-state index is 5.66. The van der Waals surface area contributed by atoms with Crippen LogP contribution in [0.15, 0.2) is 18.2 Å². The number of aryl methyl sites for hydroxylation is 1. The van der Waals surface area contributed by atoms with E-state index in [4.69, 9.17) is 18.0 Å². The summed E-state index contributed by atoms with van der Waals surface area (Å²) in [6, 6.07) is 6.37. The Kier molecular flexibility index (Phi) is 3.44. The molecular formula is C13H18N2S. The average molecular weight is 234 g/mol. The number of thiocarbonyl (C=S) groups is 1. The molecule has 0 saturated carbocycles. The molecule has 86 valence electrons. The largest absolute Gasteiger partial charge is 0.389 e. The maximum absolute atomic E-state index is 5.66. The fraction of sp³-hybridized carbons (Fsp3) is 0.462. The molecule has 2 nitrogen and oxygen atoms in total. The van der Waals surface area contributed by atoms with Gasteiger partial charge in [0.1, 0.15) is 4.99 Å². The Labute approximate surface area is 102 Å². The summed E-state index contributed by atoms with van der Waals surface area (Å²) in [7, 11) is 0. The number of anilines is 1. The number of benzene rings is 1. The predicted molar refractivity (Wildman–Crippen MR) is 73.1 cm³/mol. The molecule has 0 aromatic heterocycles. The second kappa shape index (κ2) is 4.83. The first kappa shape index (κ1) is 11.4. The fourth-order valence-electron chi connectivity index (χ4n) is 2.27. The van der Waals surface area contributed by atoms with Crippen molar-refractivity contribution in [2.24, 2.45) is 5.73 Å². The summed E-state index contributed by atoms with van der Waals surface area (Å²) in [6.45, 7) is 4.42. The van der Waals surface area contributed by atoms with E-state index >= 15 is 0 Å². The van der Waals surface area contributed by atoms with E-state index in [-0.39, 0.29) is 0 Å². The number of nitrogens with two attached hydrogens (primary N) is 1. The van der Waals surface area contributed by atoms with Gasteiger partial charge in [-0.15, -0.1) is 0 Å². The van der Waals surface area contributed by atoms with Gasteiger partial charge in [0, 0.05) is 24.3 Å². The number of piperidine rings is 1. The normalized spacial score (nSPS) is 16.2. The maximum Gasteiger partial charge on any atom is 0.104 e. The van der Waals surface area contributed by atoms with E-state index in [9.17, 15) is 0 Å². The highest BCUT2D eigenvalue weighted by Crippen LogP contribution is 2.22. The number of rotatable bonds is 2. The third kappa shape index (κ3) is 2.35. The molecule has 0 bridgehead atoms. The van der Waals surface area contributed by atoms with Crippen LogP contribution >= 0.6 is 12.2 Å². The van der Waals surface area contributed by atoms with Crippen LogP contribution in [-0.2, 0) is 0 Å². The highest BCUT2D eigenvalue weighted by atomic mass is 32.1. The third-order valence-electron chi connectivity index (χ3n) is 3.20. The van der Waals surface area contributed by atoms with Gasteiger partial charge in [-0.1, -0.05) is 12.2 Å². The van der Waals surface area contributed by atoms with Crippen LogP contribution in [0.2, 0.25) is 0 Å². The third-order valence-corrected chi connectivity index (χ3v) is 3.42. The summed E-state index contributed by atoms with van der Waals surface area (Å²) in [4.78, 5) is 2.93. The van der Waals surface area contributed by atoms with Gasteiger partial charge in [-0.2, -0.15) is 0 Å². The lowest BCUT2D eigenvalue weighted by Crippen LogP contribution is -2.29. The second-order valence-corrected chi connectivity index (χ2v) is 4.85. The van der Waals surface area contributed by atoms with Crippen molar-refractivity contribution in [2.45, 2.75) is 26.2 Å². The summed E-state index contributed by atoms with van der Waals surface area (Å²) in [5.41, 5.74) is 9.14. The summed E-state index contributed by atoms with van der Waals surface area (Å²) in [5, 5.41) is 0. The topological polar surface area (TPSA) is 29.3 Å². The van der Waals surface area contributed by atoms with Crippen molar-refractivity contribution in [3.05, 3.63) is 29.3 Å². The Morgan fingerprint density at radius 1 is 1.25 bits per heavy atom. The first-order valence-corrected chi connectivity index (χ1v) is 6.25. The van der Waals surface area contributed by atoms with E-state index < -0.39 is 0 Å². The van der Waals surface area contributed by atoms with Crippen LogP contribution in [0.25, 0.3) is 0 Å². The summed E-state index contributed by atoms with van der Waals surface area (Å²) < 4.78 is 0. The first-order valence-electron chi connectivity index (χ1n) is 5.84. The Morgan fingerprint density at radius 3 is 2.50 bits per heavy atom. The smallest absolute Gasteiger partial charge is 0.104 e. The Bertz CT molecular complexity index is 395. The van der Waals surface area contributed by atoms with E-state index in [2.05, 4.69) is 24.0 Å². The number of nitrogens with zero attached hydrogens (tertiary/aromatic N) is 1. The van der Waals surface area contributed by atoms with Crippen molar-refractivity contribution in [3.8, 4) is 0 Å². The van der Waals surface area contributed by atoms with E-state index in [1.54, 1.807) is 0 Å². The molecule has 1 aromatic carbocycles. The second-order valence-electron chi connectivity index (χ2n) is 4.41. The van der Waals surface area contributed by atoms with Crippen LogP contribution < -0.4 is 10.6 Å². The minimum Gasteiger partial charge on any atom is -0.389 e. The van der Waals surface area contributed by atoms with E-state index in [1.807, 2.05) is 6.07 Å². The van der Waals surface area contributed by atoms with Crippen molar-refractivity contribution in [3.63, 3.8) is 0 Å². The summed E-state index contributed by atoms with van der Waals surface area (Å²) >= 11 is 5.01. The fourth-order valence-corrected chi connectivity index (χ4v) is 2.50. The Hall–Kier alpha value is -1.09. The lowest BCUT2D eigenvalue weighted by Gasteiger charge is -2.29. The summed E-state index contributed by atoms with van der Waals surface area (Å²) in [5.74, 6) is 0. The molecule has 2 rings (SSSR count). The first-order chi connectivity index (χ1) is 7.68. The van der Waals surface area contributed by atoms with Crippen LogP contribution in [-0.4, -0.2) is 18.1 Å². The lowest BCUT2D eigenvalue weighted by molar-refractivity contribution is 0.578. The molecule has 0 radical (unpaired) electrons.